The summed E-state index contributed by atoms with van der Waals surface area (Å²) in [5, 5.41) is 7.32. The fraction of sp³-hybridized carbons (Fsp3) is 0.263. The Labute approximate surface area is 140 Å². The predicted molar refractivity (Wildman–Crippen MR) is 92.8 cm³/mol. The van der Waals surface area contributed by atoms with Gasteiger partial charge in [0.2, 0.25) is 0 Å². The van der Waals surface area contributed by atoms with Gasteiger partial charge >= 0.3 is 0 Å². The van der Waals surface area contributed by atoms with Crippen LogP contribution in [0, 0.1) is 0 Å². The van der Waals surface area contributed by atoms with Gasteiger partial charge in [-0.3, -0.25) is 4.79 Å². The lowest BCUT2D eigenvalue weighted by molar-refractivity contribution is 0.0932. The number of hydrogen-bond acceptors (Lipinski definition) is 4. The van der Waals surface area contributed by atoms with Gasteiger partial charge in [-0.1, -0.05) is 18.2 Å². The Bertz CT molecular complexity index is 852. The molecule has 0 bridgehead atoms. The lowest BCUT2D eigenvalue weighted by Gasteiger charge is -2.24. The van der Waals surface area contributed by atoms with E-state index in [2.05, 4.69) is 15.6 Å². The van der Waals surface area contributed by atoms with Crippen LogP contribution in [-0.4, -0.2) is 30.0 Å². The first-order valence-corrected chi connectivity index (χ1v) is 8.26. The number of hydrogen-bond donors (Lipinski definition) is 2. The summed E-state index contributed by atoms with van der Waals surface area (Å²) >= 11 is 0. The summed E-state index contributed by atoms with van der Waals surface area (Å²) in [4.78, 5) is 17.5. The number of nitrogens with one attached hydrogen (secondary N) is 2. The zero-order chi connectivity index (χ0) is 16.4. The van der Waals surface area contributed by atoms with Crippen molar-refractivity contribution < 1.29 is 9.21 Å². The summed E-state index contributed by atoms with van der Waals surface area (Å²) in [7, 11) is 0. The van der Waals surface area contributed by atoms with Crippen LogP contribution in [-0.2, 0) is 0 Å². The largest absolute Gasteiger partial charge is 0.463 e. The molecule has 122 valence electrons. The monoisotopic (exact) mass is 321 g/mol. The van der Waals surface area contributed by atoms with E-state index in [0.29, 0.717) is 17.0 Å². The molecule has 5 nitrogen and oxygen atoms in total. The van der Waals surface area contributed by atoms with E-state index in [1.54, 1.807) is 6.26 Å². The highest BCUT2D eigenvalue weighted by molar-refractivity contribution is 6.07. The van der Waals surface area contributed by atoms with Crippen molar-refractivity contribution >= 4 is 16.8 Å². The highest BCUT2D eigenvalue weighted by Gasteiger charge is 2.19. The van der Waals surface area contributed by atoms with Gasteiger partial charge in [-0.05, 0) is 43.7 Å². The standard InChI is InChI=1S/C19H19N3O2/c23-19(21-13-5-3-9-20-12-13)15-11-17(18-8-4-10-24-18)22-16-7-2-1-6-14(15)16/h1-2,4,6-8,10-11,13,20H,3,5,9,12H2,(H,21,23). The highest BCUT2D eigenvalue weighted by atomic mass is 16.3. The minimum Gasteiger partial charge on any atom is -0.463 e. The van der Waals surface area contributed by atoms with Gasteiger partial charge in [0.1, 0.15) is 5.69 Å². The molecule has 0 saturated carbocycles. The average molecular weight is 321 g/mol. The molecule has 5 heteroatoms. The molecule has 1 atom stereocenters. The Hall–Kier alpha value is -2.66. The molecular weight excluding hydrogens is 302 g/mol. The summed E-state index contributed by atoms with van der Waals surface area (Å²) in [6, 6.07) is 13.4. The highest BCUT2D eigenvalue weighted by Crippen LogP contribution is 2.25. The van der Waals surface area contributed by atoms with Crippen LogP contribution in [0.1, 0.15) is 23.2 Å². The van der Waals surface area contributed by atoms with Crippen molar-refractivity contribution in [2.75, 3.05) is 13.1 Å². The number of amides is 1. The van der Waals surface area contributed by atoms with E-state index < -0.39 is 0 Å². The fourth-order valence-electron chi connectivity index (χ4n) is 3.15. The molecule has 2 N–H and O–H groups in total. The van der Waals surface area contributed by atoms with Gasteiger partial charge in [0.25, 0.3) is 5.91 Å². The molecule has 4 rings (SSSR count). The number of benzene rings is 1. The molecule has 1 unspecified atom stereocenters. The lowest BCUT2D eigenvalue weighted by atomic mass is 10.0. The number of pyridine rings is 1. The maximum absolute atomic E-state index is 12.9. The average Bonchev–Trinajstić information content (AvgIpc) is 3.16. The molecule has 1 aliphatic heterocycles. The molecule has 1 saturated heterocycles. The van der Waals surface area contributed by atoms with Crippen LogP contribution in [0.25, 0.3) is 22.4 Å². The zero-order valence-electron chi connectivity index (χ0n) is 13.3. The van der Waals surface area contributed by atoms with Crippen molar-refractivity contribution in [3.05, 3.63) is 54.3 Å². The summed E-state index contributed by atoms with van der Waals surface area (Å²) in [5.41, 5.74) is 2.10. The van der Waals surface area contributed by atoms with Crippen LogP contribution in [0.3, 0.4) is 0 Å². The normalized spacial score (nSPS) is 17.8. The smallest absolute Gasteiger partial charge is 0.252 e. The maximum Gasteiger partial charge on any atom is 0.252 e. The molecule has 0 radical (unpaired) electrons. The number of para-hydroxylation sites is 1. The molecule has 1 aromatic carbocycles. The van der Waals surface area contributed by atoms with Crippen molar-refractivity contribution in [3.8, 4) is 11.5 Å². The number of nitrogens with zero attached hydrogens (tertiary/aromatic N) is 1. The molecule has 2 aromatic heterocycles. The Balaban J connectivity index is 1.73. The number of carbonyl (C=O) groups excluding carboxylic acids is 1. The van der Waals surface area contributed by atoms with Crippen LogP contribution >= 0.6 is 0 Å². The van der Waals surface area contributed by atoms with Gasteiger partial charge in [0.15, 0.2) is 5.76 Å². The molecule has 1 amide bonds. The summed E-state index contributed by atoms with van der Waals surface area (Å²) in [6.45, 7) is 1.84. The van der Waals surface area contributed by atoms with Crippen LogP contribution in [0.2, 0.25) is 0 Å². The SMILES string of the molecule is O=C(NC1CCCNC1)c1cc(-c2ccco2)nc2ccccc12. The predicted octanol–water partition coefficient (Wildman–Crippen LogP) is 2.98. The van der Waals surface area contributed by atoms with Crippen molar-refractivity contribution in [2.45, 2.75) is 18.9 Å². The maximum atomic E-state index is 12.9. The molecule has 1 aliphatic rings. The number of piperidine rings is 1. The van der Waals surface area contributed by atoms with Crippen molar-refractivity contribution in [2.24, 2.45) is 0 Å². The van der Waals surface area contributed by atoms with E-state index in [9.17, 15) is 4.79 Å². The van der Waals surface area contributed by atoms with Crippen LogP contribution in [0.5, 0.6) is 0 Å². The van der Waals surface area contributed by atoms with Crippen molar-refractivity contribution in [1.82, 2.24) is 15.6 Å². The van der Waals surface area contributed by atoms with E-state index in [4.69, 9.17) is 4.42 Å². The molecular formula is C19H19N3O2. The molecule has 3 heterocycles. The van der Waals surface area contributed by atoms with E-state index in [0.717, 1.165) is 36.8 Å². The summed E-state index contributed by atoms with van der Waals surface area (Å²) in [6.07, 6.45) is 3.70. The second kappa shape index (κ2) is 6.45. The lowest BCUT2D eigenvalue weighted by Crippen LogP contribution is -2.45. The molecule has 3 aromatic rings. The minimum atomic E-state index is -0.0601. The number of aromatic nitrogens is 1. The van der Waals surface area contributed by atoms with E-state index in [-0.39, 0.29) is 11.9 Å². The van der Waals surface area contributed by atoms with Gasteiger partial charge in [-0.25, -0.2) is 4.98 Å². The number of carbonyl (C=O) groups is 1. The Morgan fingerprint density at radius 1 is 1.25 bits per heavy atom. The molecule has 24 heavy (non-hydrogen) atoms. The van der Waals surface area contributed by atoms with E-state index in [1.165, 1.54) is 0 Å². The van der Waals surface area contributed by atoms with Crippen molar-refractivity contribution in [1.29, 1.82) is 0 Å². The second-order valence-electron chi connectivity index (χ2n) is 6.07. The third-order valence-corrected chi connectivity index (χ3v) is 4.37. The van der Waals surface area contributed by atoms with Crippen LogP contribution in [0.15, 0.2) is 53.1 Å². The quantitative estimate of drug-likeness (QED) is 0.778. The third-order valence-electron chi connectivity index (χ3n) is 4.37. The van der Waals surface area contributed by atoms with Gasteiger partial charge in [0.05, 0.1) is 17.3 Å². The van der Waals surface area contributed by atoms with Crippen molar-refractivity contribution in [3.63, 3.8) is 0 Å². The van der Waals surface area contributed by atoms with Gasteiger partial charge in [0, 0.05) is 18.0 Å². The first-order valence-electron chi connectivity index (χ1n) is 8.26. The first kappa shape index (κ1) is 14.9. The first-order chi connectivity index (χ1) is 11.8. The Kier molecular flexibility index (Phi) is 4.01. The number of furan rings is 1. The second-order valence-corrected chi connectivity index (χ2v) is 6.07. The van der Waals surface area contributed by atoms with Crippen LogP contribution in [0.4, 0.5) is 0 Å². The number of fused-ring (bicyclic) bond motifs is 1. The van der Waals surface area contributed by atoms with Crippen LogP contribution < -0.4 is 10.6 Å². The summed E-state index contributed by atoms with van der Waals surface area (Å²) in [5.74, 6) is 0.601. The topological polar surface area (TPSA) is 67.2 Å². The number of rotatable bonds is 3. The summed E-state index contributed by atoms with van der Waals surface area (Å²) < 4.78 is 5.45. The Morgan fingerprint density at radius 2 is 2.17 bits per heavy atom. The van der Waals surface area contributed by atoms with Gasteiger partial charge in [-0.15, -0.1) is 0 Å². The van der Waals surface area contributed by atoms with E-state index >= 15 is 0 Å². The van der Waals surface area contributed by atoms with Gasteiger partial charge < -0.3 is 15.1 Å². The Morgan fingerprint density at radius 3 is 2.96 bits per heavy atom. The molecule has 0 aliphatic carbocycles. The molecule has 0 spiro atoms. The molecule has 1 fully saturated rings. The van der Waals surface area contributed by atoms with E-state index in [1.807, 2.05) is 42.5 Å². The third kappa shape index (κ3) is 2.90. The fourth-order valence-corrected chi connectivity index (χ4v) is 3.15. The minimum absolute atomic E-state index is 0.0601. The zero-order valence-corrected chi connectivity index (χ0v) is 13.3. The van der Waals surface area contributed by atoms with Gasteiger partial charge in [-0.2, -0.15) is 0 Å².